The number of rotatable bonds is 6. The SMILES string of the molecule is CN(C)c1ccc(C(CN)N(C)Cc2ccc(Cl)s2)cc1. The molecular formula is C16H22ClN3S. The molecule has 0 bridgehead atoms. The maximum absolute atomic E-state index is 5.99. The van der Waals surface area contributed by atoms with Crippen molar-refractivity contribution in [1.29, 1.82) is 0 Å². The van der Waals surface area contributed by atoms with Crippen LogP contribution < -0.4 is 10.6 Å². The highest BCUT2D eigenvalue weighted by molar-refractivity contribution is 7.16. The lowest BCUT2D eigenvalue weighted by atomic mass is 10.0. The van der Waals surface area contributed by atoms with Gasteiger partial charge in [0.15, 0.2) is 0 Å². The number of nitrogens with zero attached hydrogens (tertiary/aromatic N) is 2. The van der Waals surface area contributed by atoms with E-state index < -0.39 is 0 Å². The first-order valence-corrected chi connectivity index (χ1v) is 8.12. The van der Waals surface area contributed by atoms with Crippen LogP contribution in [0.4, 0.5) is 5.69 Å². The molecule has 114 valence electrons. The van der Waals surface area contributed by atoms with Crippen LogP contribution in [0.15, 0.2) is 36.4 Å². The van der Waals surface area contributed by atoms with E-state index in [-0.39, 0.29) is 6.04 Å². The van der Waals surface area contributed by atoms with E-state index in [1.165, 1.54) is 16.1 Å². The van der Waals surface area contributed by atoms with Crippen LogP contribution in [-0.4, -0.2) is 32.6 Å². The standard InChI is InChI=1S/C16H22ClN3S/c1-19(2)13-6-4-12(5-7-13)15(10-18)20(3)11-14-8-9-16(17)21-14/h4-9,15H,10-11,18H2,1-3H3. The lowest BCUT2D eigenvalue weighted by Gasteiger charge is -2.27. The lowest BCUT2D eigenvalue weighted by Crippen LogP contribution is -2.30. The quantitative estimate of drug-likeness (QED) is 0.881. The number of hydrogen-bond donors (Lipinski definition) is 1. The minimum absolute atomic E-state index is 0.210. The van der Waals surface area contributed by atoms with Crippen molar-refractivity contribution in [2.45, 2.75) is 12.6 Å². The third kappa shape index (κ3) is 4.20. The molecule has 0 amide bonds. The van der Waals surface area contributed by atoms with Crippen LogP contribution in [0.2, 0.25) is 4.34 Å². The van der Waals surface area contributed by atoms with Crippen LogP contribution in [0.25, 0.3) is 0 Å². The number of thiophene rings is 1. The number of hydrogen-bond acceptors (Lipinski definition) is 4. The molecule has 0 aliphatic heterocycles. The first kappa shape index (κ1) is 16.3. The zero-order chi connectivity index (χ0) is 15.4. The highest BCUT2D eigenvalue weighted by Crippen LogP contribution is 2.26. The van der Waals surface area contributed by atoms with Gasteiger partial charge in [0.05, 0.1) is 4.34 Å². The van der Waals surface area contributed by atoms with E-state index in [4.69, 9.17) is 17.3 Å². The van der Waals surface area contributed by atoms with Crippen molar-refractivity contribution in [2.75, 3.05) is 32.6 Å². The van der Waals surface area contributed by atoms with Crippen LogP contribution >= 0.6 is 22.9 Å². The molecule has 0 fully saturated rings. The van der Waals surface area contributed by atoms with E-state index >= 15 is 0 Å². The van der Waals surface area contributed by atoms with E-state index in [9.17, 15) is 0 Å². The Morgan fingerprint density at radius 1 is 1.10 bits per heavy atom. The van der Waals surface area contributed by atoms with Gasteiger partial charge < -0.3 is 10.6 Å². The summed E-state index contributed by atoms with van der Waals surface area (Å²) in [5.74, 6) is 0. The van der Waals surface area contributed by atoms with E-state index in [2.05, 4.69) is 47.2 Å². The van der Waals surface area contributed by atoms with Crippen molar-refractivity contribution < 1.29 is 0 Å². The minimum Gasteiger partial charge on any atom is -0.378 e. The van der Waals surface area contributed by atoms with Crippen LogP contribution in [0, 0.1) is 0 Å². The first-order valence-electron chi connectivity index (χ1n) is 6.93. The van der Waals surface area contributed by atoms with Gasteiger partial charge in [-0.3, -0.25) is 4.90 Å². The number of nitrogens with two attached hydrogens (primary N) is 1. The highest BCUT2D eigenvalue weighted by atomic mass is 35.5. The summed E-state index contributed by atoms with van der Waals surface area (Å²) in [6.07, 6.45) is 0. The molecule has 1 aromatic heterocycles. The summed E-state index contributed by atoms with van der Waals surface area (Å²) in [5, 5.41) is 0. The average molecular weight is 324 g/mol. The van der Waals surface area contributed by atoms with Crippen LogP contribution in [0.1, 0.15) is 16.5 Å². The molecule has 2 N–H and O–H groups in total. The maximum atomic E-state index is 5.99. The molecule has 1 heterocycles. The average Bonchev–Trinajstić information content (AvgIpc) is 2.85. The number of benzene rings is 1. The smallest absolute Gasteiger partial charge is 0.0931 e. The summed E-state index contributed by atoms with van der Waals surface area (Å²) in [7, 11) is 6.19. The molecule has 0 saturated carbocycles. The molecule has 0 spiro atoms. The van der Waals surface area contributed by atoms with Crippen LogP contribution in [-0.2, 0) is 6.54 Å². The van der Waals surface area contributed by atoms with Crippen molar-refractivity contribution in [3.05, 3.63) is 51.2 Å². The zero-order valence-electron chi connectivity index (χ0n) is 12.7. The van der Waals surface area contributed by atoms with Gasteiger partial charge in [0, 0.05) is 43.8 Å². The van der Waals surface area contributed by atoms with Crippen molar-refractivity contribution in [3.8, 4) is 0 Å². The molecule has 0 aliphatic rings. The molecule has 0 saturated heterocycles. The Balaban J connectivity index is 2.10. The first-order chi connectivity index (χ1) is 10.0. The fourth-order valence-corrected chi connectivity index (χ4v) is 3.51. The Bertz CT molecular complexity index is 565. The van der Waals surface area contributed by atoms with Gasteiger partial charge in [0.1, 0.15) is 0 Å². The number of likely N-dealkylation sites (N-methyl/N-ethyl adjacent to an activating group) is 1. The van der Waals surface area contributed by atoms with Gasteiger partial charge in [0.2, 0.25) is 0 Å². The van der Waals surface area contributed by atoms with Gasteiger partial charge in [-0.2, -0.15) is 0 Å². The fourth-order valence-electron chi connectivity index (χ4n) is 2.36. The lowest BCUT2D eigenvalue weighted by molar-refractivity contribution is 0.244. The monoisotopic (exact) mass is 323 g/mol. The van der Waals surface area contributed by atoms with E-state index in [1.54, 1.807) is 11.3 Å². The summed E-state index contributed by atoms with van der Waals surface area (Å²) in [6.45, 7) is 1.45. The van der Waals surface area contributed by atoms with Gasteiger partial charge in [-0.15, -0.1) is 11.3 Å². The van der Waals surface area contributed by atoms with E-state index in [0.717, 1.165) is 10.9 Å². The van der Waals surface area contributed by atoms with Crippen molar-refractivity contribution in [1.82, 2.24) is 4.90 Å². The summed E-state index contributed by atoms with van der Waals surface area (Å²) in [6, 6.07) is 12.8. The molecule has 1 aromatic carbocycles. The van der Waals surface area contributed by atoms with Crippen molar-refractivity contribution >= 4 is 28.6 Å². The Morgan fingerprint density at radius 3 is 2.24 bits per heavy atom. The largest absolute Gasteiger partial charge is 0.378 e. The predicted octanol–water partition coefficient (Wildman–Crippen LogP) is 3.60. The summed E-state index contributed by atoms with van der Waals surface area (Å²) >= 11 is 7.61. The molecular weight excluding hydrogens is 302 g/mol. The maximum Gasteiger partial charge on any atom is 0.0931 e. The molecule has 0 aliphatic carbocycles. The zero-order valence-corrected chi connectivity index (χ0v) is 14.3. The Labute approximate surface area is 135 Å². The molecule has 1 unspecified atom stereocenters. The minimum atomic E-state index is 0.210. The van der Waals surface area contributed by atoms with Gasteiger partial charge in [0.25, 0.3) is 0 Å². The molecule has 5 heteroatoms. The summed E-state index contributed by atoms with van der Waals surface area (Å²) < 4.78 is 0.832. The van der Waals surface area contributed by atoms with Crippen LogP contribution in [0.3, 0.4) is 0 Å². The molecule has 1 atom stereocenters. The van der Waals surface area contributed by atoms with Crippen molar-refractivity contribution in [3.63, 3.8) is 0 Å². The van der Waals surface area contributed by atoms with Gasteiger partial charge >= 0.3 is 0 Å². The topological polar surface area (TPSA) is 32.5 Å². The van der Waals surface area contributed by atoms with Gasteiger partial charge in [-0.1, -0.05) is 23.7 Å². The Kier molecular flexibility index (Phi) is 5.65. The molecule has 0 radical (unpaired) electrons. The van der Waals surface area contributed by atoms with Gasteiger partial charge in [-0.25, -0.2) is 0 Å². The van der Waals surface area contributed by atoms with E-state index in [1.807, 2.05) is 20.2 Å². The second-order valence-electron chi connectivity index (χ2n) is 5.36. The molecule has 21 heavy (non-hydrogen) atoms. The second kappa shape index (κ2) is 7.27. The molecule has 2 rings (SSSR count). The van der Waals surface area contributed by atoms with Crippen LogP contribution in [0.5, 0.6) is 0 Å². The predicted molar refractivity (Wildman–Crippen MR) is 93.4 cm³/mol. The highest BCUT2D eigenvalue weighted by Gasteiger charge is 2.16. The third-order valence-electron chi connectivity index (χ3n) is 3.58. The fraction of sp³-hybridized carbons (Fsp3) is 0.375. The van der Waals surface area contributed by atoms with Gasteiger partial charge in [-0.05, 0) is 36.9 Å². The molecule has 2 aromatic rings. The Hall–Kier alpha value is -1.07. The second-order valence-corrected chi connectivity index (χ2v) is 7.16. The summed E-state index contributed by atoms with van der Waals surface area (Å²) in [5.41, 5.74) is 8.43. The number of halogens is 1. The molecule has 3 nitrogen and oxygen atoms in total. The summed E-state index contributed by atoms with van der Waals surface area (Å²) in [4.78, 5) is 5.62. The third-order valence-corrected chi connectivity index (χ3v) is 4.80. The number of anilines is 1. The Morgan fingerprint density at radius 2 is 1.76 bits per heavy atom. The van der Waals surface area contributed by atoms with E-state index in [0.29, 0.717) is 6.54 Å². The van der Waals surface area contributed by atoms with Crippen molar-refractivity contribution in [2.24, 2.45) is 5.73 Å². The normalized spacial score (nSPS) is 12.7.